The van der Waals surface area contributed by atoms with Gasteiger partial charge in [-0.15, -0.1) is 0 Å². The Kier molecular flexibility index (Phi) is 4.78. The van der Waals surface area contributed by atoms with Crippen LogP contribution in [-0.2, 0) is 10.0 Å². The van der Waals surface area contributed by atoms with Crippen molar-refractivity contribution in [1.82, 2.24) is 4.72 Å². The molecular weight excluding hydrogens is 270 g/mol. The van der Waals surface area contributed by atoms with Crippen LogP contribution in [0.25, 0.3) is 0 Å². The summed E-state index contributed by atoms with van der Waals surface area (Å²) in [5.41, 5.74) is -1.12. The van der Waals surface area contributed by atoms with E-state index in [9.17, 15) is 13.5 Å². The van der Waals surface area contributed by atoms with E-state index in [0.717, 1.165) is 0 Å². The highest BCUT2D eigenvalue weighted by molar-refractivity contribution is 7.89. The average Bonchev–Trinajstić information content (AvgIpc) is 2.35. The monoisotopic (exact) mass is 289 g/mol. The quantitative estimate of drug-likeness (QED) is 0.807. The smallest absolute Gasteiger partial charge is 0.240 e. The maximum atomic E-state index is 12.0. The van der Waals surface area contributed by atoms with Crippen molar-refractivity contribution < 1.29 is 23.0 Å². The van der Waals surface area contributed by atoms with E-state index in [2.05, 4.69) is 4.72 Å². The summed E-state index contributed by atoms with van der Waals surface area (Å²) < 4.78 is 36.5. The lowest BCUT2D eigenvalue weighted by Crippen LogP contribution is -2.38. The van der Waals surface area contributed by atoms with Gasteiger partial charge in [-0.2, -0.15) is 0 Å². The van der Waals surface area contributed by atoms with Crippen molar-refractivity contribution in [3.05, 3.63) is 18.2 Å². The molecule has 0 aliphatic carbocycles. The summed E-state index contributed by atoms with van der Waals surface area (Å²) in [5, 5.41) is 9.54. The molecule has 2 N–H and O–H groups in total. The molecule has 6 nitrogen and oxygen atoms in total. The number of hydrogen-bond donors (Lipinski definition) is 2. The largest absolute Gasteiger partial charge is 0.493 e. The minimum Gasteiger partial charge on any atom is -0.493 e. The molecule has 0 saturated carbocycles. The predicted octanol–water partition coefficient (Wildman–Crippen LogP) is 0.753. The molecule has 0 saturated heterocycles. The lowest BCUT2D eigenvalue weighted by molar-refractivity contribution is 0.0857. The topological polar surface area (TPSA) is 84.9 Å². The van der Waals surface area contributed by atoms with Crippen LogP contribution >= 0.6 is 0 Å². The molecule has 0 fully saturated rings. The van der Waals surface area contributed by atoms with Crippen LogP contribution < -0.4 is 14.2 Å². The Morgan fingerprint density at radius 3 is 2.26 bits per heavy atom. The first-order chi connectivity index (χ1) is 8.69. The molecule has 0 heterocycles. The van der Waals surface area contributed by atoms with E-state index >= 15 is 0 Å². The number of rotatable bonds is 6. The average molecular weight is 289 g/mol. The first-order valence-electron chi connectivity index (χ1n) is 5.64. The number of hydrogen-bond acceptors (Lipinski definition) is 5. The van der Waals surface area contributed by atoms with Crippen molar-refractivity contribution in [3.8, 4) is 11.5 Å². The second-order valence-corrected chi connectivity index (χ2v) is 6.42. The van der Waals surface area contributed by atoms with Gasteiger partial charge in [0, 0.05) is 12.6 Å². The molecule has 0 amide bonds. The summed E-state index contributed by atoms with van der Waals surface area (Å²) in [7, 11) is -0.797. The van der Waals surface area contributed by atoms with Gasteiger partial charge < -0.3 is 14.6 Å². The van der Waals surface area contributed by atoms with E-state index in [1.54, 1.807) is 0 Å². The molecule has 0 aliphatic heterocycles. The first-order valence-corrected chi connectivity index (χ1v) is 7.12. The molecular formula is C12H19NO5S. The highest BCUT2D eigenvalue weighted by atomic mass is 32.2. The molecule has 0 radical (unpaired) electrons. The lowest BCUT2D eigenvalue weighted by Gasteiger charge is -2.18. The number of methoxy groups -OCH3 is 2. The van der Waals surface area contributed by atoms with Crippen molar-refractivity contribution in [2.45, 2.75) is 24.3 Å². The van der Waals surface area contributed by atoms with Crippen molar-refractivity contribution in [1.29, 1.82) is 0 Å². The first kappa shape index (κ1) is 15.7. The van der Waals surface area contributed by atoms with Gasteiger partial charge in [0.25, 0.3) is 0 Å². The molecule has 0 aromatic heterocycles. The summed E-state index contributed by atoms with van der Waals surface area (Å²) in [6.07, 6.45) is 0. The number of ether oxygens (including phenoxy) is 2. The Balaban J connectivity index is 3.02. The molecule has 0 spiro atoms. The summed E-state index contributed by atoms with van der Waals surface area (Å²) in [6, 6.07) is 4.29. The van der Waals surface area contributed by atoms with Crippen LogP contribution in [0.4, 0.5) is 0 Å². The third-order valence-corrected chi connectivity index (χ3v) is 3.76. The standard InChI is InChI=1S/C12H19NO5S/c1-12(2,14)8-13-19(15,16)9-5-6-10(17-3)11(7-9)18-4/h5-7,13-14H,8H2,1-4H3. The van der Waals surface area contributed by atoms with Gasteiger partial charge in [0.15, 0.2) is 11.5 Å². The molecule has 0 aliphatic rings. The Bertz CT molecular complexity index is 534. The van der Waals surface area contributed by atoms with E-state index in [0.29, 0.717) is 11.5 Å². The van der Waals surface area contributed by atoms with Gasteiger partial charge in [0.1, 0.15) is 0 Å². The summed E-state index contributed by atoms with van der Waals surface area (Å²) in [4.78, 5) is 0.0504. The van der Waals surface area contributed by atoms with Gasteiger partial charge in [-0.25, -0.2) is 13.1 Å². The zero-order valence-electron chi connectivity index (χ0n) is 11.4. The third-order valence-electron chi connectivity index (χ3n) is 2.36. The van der Waals surface area contributed by atoms with Crippen molar-refractivity contribution in [2.24, 2.45) is 0 Å². The van der Waals surface area contributed by atoms with E-state index in [1.807, 2.05) is 0 Å². The van der Waals surface area contributed by atoms with Crippen LogP contribution in [0.3, 0.4) is 0 Å². The van der Waals surface area contributed by atoms with Gasteiger partial charge in [0.05, 0.1) is 24.7 Å². The number of benzene rings is 1. The highest BCUT2D eigenvalue weighted by Crippen LogP contribution is 2.29. The molecule has 19 heavy (non-hydrogen) atoms. The second kappa shape index (κ2) is 5.77. The van der Waals surface area contributed by atoms with Gasteiger partial charge >= 0.3 is 0 Å². The van der Waals surface area contributed by atoms with Gasteiger partial charge in [-0.1, -0.05) is 0 Å². The third kappa shape index (κ3) is 4.38. The number of nitrogens with one attached hydrogen (secondary N) is 1. The van der Waals surface area contributed by atoms with E-state index in [-0.39, 0.29) is 11.4 Å². The zero-order valence-corrected chi connectivity index (χ0v) is 12.2. The second-order valence-electron chi connectivity index (χ2n) is 4.65. The van der Waals surface area contributed by atoms with Crippen LogP contribution in [0.15, 0.2) is 23.1 Å². The number of aliphatic hydroxyl groups is 1. The highest BCUT2D eigenvalue weighted by Gasteiger charge is 2.21. The molecule has 7 heteroatoms. The Morgan fingerprint density at radius 2 is 1.79 bits per heavy atom. The van der Waals surface area contributed by atoms with Crippen LogP contribution in [0.5, 0.6) is 11.5 Å². The molecule has 0 unspecified atom stereocenters. The fraction of sp³-hybridized carbons (Fsp3) is 0.500. The molecule has 1 rings (SSSR count). The molecule has 108 valence electrons. The Labute approximate surface area is 113 Å². The predicted molar refractivity (Wildman–Crippen MR) is 71.0 cm³/mol. The van der Waals surface area contributed by atoms with Crippen molar-refractivity contribution >= 4 is 10.0 Å². The van der Waals surface area contributed by atoms with Crippen molar-refractivity contribution in [2.75, 3.05) is 20.8 Å². The maximum absolute atomic E-state index is 12.0. The van der Waals surface area contributed by atoms with Crippen molar-refractivity contribution in [3.63, 3.8) is 0 Å². The minimum atomic E-state index is -3.70. The summed E-state index contributed by atoms with van der Waals surface area (Å²) in [6.45, 7) is 2.96. The van der Waals surface area contributed by atoms with Crippen LogP contribution in [0.2, 0.25) is 0 Å². The molecule has 0 bridgehead atoms. The maximum Gasteiger partial charge on any atom is 0.240 e. The fourth-order valence-electron chi connectivity index (χ4n) is 1.34. The molecule has 1 aromatic rings. The van der Waals surface area contributed by atoms with Crippen LogP contribution in [0.1, 0.15) is 13.8 Å². The Morgan fingerprint density at radius 1 is 1.21 bits per heavy atom. The normalized spacial score (nSPS) is 12.3. The SMILES string of the molecule is COc1ccc(S(=O)(=O)NCC(C)(C)O)cc1OC. The summed E-state index contributed by atoms with van der Waals surface area (Å²) >= 11 is 0. The number of sulfonamides is 1. The minimum absolute atomic E-state index is 0.0504. The lowest BCUT2D eigenvalue weighted by atomic mass is 10.1. The van der Waals surface area contributed by atoms with E-state index < -0.39 is 15.6 Å². The van der Waals surface area contributed by atoms with Crippen LogP contribution in [0, 0.1) is 0 Å². The van der Waals surface area contributed by atoms with Crippen LogP contribution in [-0.4, -0.2) is 39.9 Å². The van der Waals surface area contributed by atoms with Gasteiger partial charge in [-0.05, 0) is 26.0 Å². The molecule has 1 aromatic carbocycles. The zero-order chi connectivity index (χ0) is 14.7. The van der Waals surface area contributed by atoms with Gasteiger partial charge in [0.2, 0.25) is 10.0 Å². The summed E-state index contributed by atoms with van der Waals surface area (Å²) in [5.74, 6) is 0.776. The fourth-order valence-corrected chi connectivity index (χ4v) is 2.56. The molecule has 0 atom stereocenters. The van der Waals surface area contributed by atoms with Gasteiger partial charge in [-0.3, -0.25) is 0 Å². The van der Waals surface area contributed by atoms with E-state index in [1.165, 1.54) is 46.3 Å². The Hall–Kier alpha value is -1.31. The van der Waals surface area contributed by atoms with E-state index in [4.69, 9.17) is 9.47 Å².